The van der Waals surface area contributed by atoms with Crippen LogP contribution in [0.25, 0.3) is 0 Å². The zero-order chi connectivity index (χ0) is 14.3. The van der Waals surface area contributed by atoms with Crippen molar-refractivity contribution in [2.75, 3.05) is 23.3 Å². The van der Waals surface area contributed by atoms with E-state index in [0.29, 0.717) is 0 Å². The molecule has 1 fully saturated rings. The highest BCUT2D eigenvalue weighted by Gasteiger charge is 2.11. The van der Waals surface area contributed by atoms with E-state index < -0.39 is 0 Å². The van der Waals surface area contributed by atoms with E-state index in [0.717, 1.165) is 31.3 Å². The Hall–Kier alpha value is -2.10. The van der Waals surface area contributed by atoms with Crippen LogP contribution < -0.4 is 10.2 Å². The Morgan fingerprint density at radius 1 is 0.952 bits per heavy atom. The molecule has 1 N–H and O–H groups in total. The van der Waals surface area contributed by atoms with Gasteiger partial charge in [-0.05, 0) is 18.4 Å². The van der Waals surface area contributed by atoms with Crippen LogP contribution in [0.15, 0.2) is 42.7 Å². The quantitative estimate of drug-likeness (QED) is 0.932. The van der Waals surface area contributed by atoms with E-state index in [1.807, 2.05) is 6.07 Å². The Morgan fingerprint density at radius 2 is 1.71 bits per heavy atom. The Kier molecular flexibility index (Phi) is 4.66. The molecule has 21 heavy (non-hydrogen) atoms. The largest absolute Gasteiger partial charge is 0.366 e. The van der Waals surface area contributed by atoms with Crippen molar-refractivity contribution in [3.63, 3.8) is 0 Å². The number of aromatic nitrogens is 2. The minimum Gasteiger partial charge on any atom is -0.366 e. The zero-order valence-corrected chi connectivity index (χ0v) is 12.3. The van der Waals surface area contributed by atoms with Crippen LogP contribution in [-0.2, 0) is 6.54 Å². The molecule has 1 saturated heterocycles. The predicted molar refractivity (Wildman–Crippen MR) is 86.5 cm³/mol. The molecule has 110 valence electrons. The van der Waals surface area contributed by atoms with Crippen molar-refractivity contribution in [3.05, 3.63) is 48.3 Å². The van der Waals surface area contributed by atoms with Crippen LogP contribution in [0.2, 0.25) is 0 Å². The van der Waals surface area contributed by atoms with Crippen LogP contribution in [0.4, 0.5) is 11.6 Å². The number of anilines is 2. The first-order valence-corrected chi connectivity index (χ1v) is 7.76. The Balaban J connectivity index is 1.65. The number of hydrogen-bond donors (Lipinski definition) is 1. The summed E-state index contributed by atoms with van der Waals surface area (Å²) in [7, 11) is 0. The van der Waals surface area contributed by atoms with Gasteiger partial charge >= 0.3 is 0 Å². The van der Waals surface area contributed by atoms with Gasteiger partial charge in [0.25, 0.3) is 0 Å². The highest BCUT2D eigenvalue weighted by molar-refractivity contribution is 5.48. The van der Waals surface area contributed by atoms with Crippen LogP contribution in [0.1, 0.15) is 31.2 Å². The minimum absolute atomic E-state index is 0.789. The molecule has 1 aliphatic heterocycles. The molecule has 0 saturated carbocycles. The zero-order valence-electron chi connectivity index (χ0n) is 12.3. The molecule has 1 aromatic heterocycles. The summed E-state index contributed by atoms with van der Waals surface area (Å²) in [6, 6.07) is 12.4. The second-order valence-corrected chi connectivity index (χ2v) is 5.50. The van der Waals surface area contributed by atoms with Crippen LogP contribution >= 0.6 is 0 Å². The third-order valence-corrected chi connectivity index (χ3v) is 3.90. The van der Waals surface area contributed by atoms with Gasteiger partial charge in [0.2, 0.25) is 0 Å². The lowest BCUT2D eigenvalue weighted by Gasteiger charge is -2.21. The van der Waals surface area contributed by atoms with Gasteiger partial charge in [-0.15, -0.1) is 0 Å². The standard InChI is InChI=1S/C17H22N4/c1-2-7-11-21(10-6-1)17-12-16(19-14-20-17)18-13-15-8-4-3-5-9-15/h3-5,8-9,12,14H,1-2,6-7,10-11,13H2,(H,18,19,20). The van der Waals surface area contributed by atoms with Crippen molar-refractivity contribution in [2.45, 2.75) is 32.2 Å². The fourth-order valence-electron chi connectivity index (χ4n) is 2.70. The highest BCUT2D eigenvalue weighted by Crippen LogP contribution is 2.19. The van der Waals surface area contributed by atoms with Gasteiger partial charge < -0.3 is 10.2 Å². The lowest BCUT2D eigenvalue weighted by atomic mass is 10.2. The molecule has 0 spiro atoms. The third-order valence-electron chi connectivity index (χ3n) is 3.90. The maximum Gasteiger partial charge on any atom is 0.134 e. The Morgan fingerprint density at radius 3 is 2.48 bits per heavy atom. The van der Waals surface area contributed by atoms with Gasteiger partial charge in [0.05, 0.1) is 0 Å². The Labute approximate surface area is 126 Å². The fraction of sp³-hybridized carbons (Fsp3) is 0.412. The van der Waals surface area contributed by atoms with Crippen LogP contribution in [0, 0.1) is 0 Å². The van der Waals surface area contributed by atoms with Crippen molar-refractivity contribution < 1.29 is 0 Å². The molecule has 0 aliphatic carbocycles. The number of benzene rings is 1. The van der Waals surface area contributed by atoms with Crippen molar-refractivity contribution in [3.8, 4) is 0 Å². The van der Waals surface area contributed by atoms with E-state index in [-0.39, 0.29) is 0 Å². The molecule has 0 unspecified atom stereocenters. The van der Waals surface area contributed by atoms with Crippen molar-refractivity contribution in [1.82, 2.24) is 9.97 Å². The van der Waals surface area contributed by atoms with Crippen molar-refractivity contribution >= 4 is 11.6 Å². The van der Waals surface area contributed by atoms with Gasteiger partial charge in [-0.25, -0.2) is 9.97 Å². The molecule has 0 bridgehead atoms. The monoisotopic (exact) mass is 282 g/mol. The molecule has 0 radical (unpaired) electrons. The van der Waals surface area contributed by atoms with E-state index in [2.05, 4.69) is 50.5 Å². The molecule has 2 heterocycles. The summed E-state index contributed by atoms with van der Waals surface area (Å²) in [6.07, 6.45) is 6.85. The number of nitrogens with zero attached hydrogens (tertiary/aromatic N) is 3. The maximum absolute atomic E-state index is 4.43. The average Bonchev–Trinajstić information content (AvgIpc) is 2.83. The average molecular weight is 282 g/mol. The SMILES string of the molecule is c1ccc(CNc2cc(N3CCCCCC3)ncn2)cc1. The van der Waals surface area contributed by atoms with Crippen LogP contribution in [-0.4, -0.2) is 23.1 Å². The third kappa shape index (κ3) is 3.94. The summed E-state index contributed by atoms with van der Waals surface area (Å²) in [6.45, 7) is 3.00. The number of nitrogens with one attached hydrogen (secondary N) is 1. The first kappa shape index (κ1) is 13.9. The smallest absolute Gasteiger partial charge is 0.134 e. The van der Waals surface area contributed by atoms with E-state index in [4.69, 9.17) is 0 Å². The predicted octanol–water partition coefficient (Wildman–Crippen LogP) is 3.47. The topological polar surface area (TPSA) is 41.0 Å². The summed E-state index contributed by atoms with van der Waals surface area (Å²) >= 11 is 0. The van der Waals surface area contributed by atoms with Gasteiger partial charge in [0, 0.05) is 25.7 Å². The lowest BCUT2D eigenvalue weighted by molar-refractivity contribution is 0.726. The second kappa shape index (κ2) is 7.07. The molecule has 2 aromatic rings. The number of rotatable bonds is 4. The molecule has 3 rings (SSSR count). The van der Waals surface area contributed by atoms with Gasteiger partial charge in [-0.1, -0.05) is 43.2 Å². The summed E-state index contributed by atoms with van der Waals surface area (Å²) in [4.78, 5) is 11.1. The van der Waals surface area contributed by atoms with E-state index in [9.17, 15) is 0 Å². The lowest BCUT2D eigenvalue weighted by Crippen LogP contribution is -2.25. The normalized spacial score (nSPS) is 15.5. The molecular weight excluding hydrogens is 260 g/mol. The number of hydrogen-bond acceptors (Lipinski definition) is 4. The maximum atomic E-state index is 4.43. The molecule has 0 amide bonds. The second-order valence-electron chi connectivity index (χ2n) is 5.50. The van der Waals surface area contributed by atoms with E-state index >= 15 is 0 Å². The first-order valence-electron chi connectivity index (χ1n) is 7.76. The van der Waals surface area contributed by atoms with E-state index in [1.165, 1.54) is 31.2 Å². The van der Waals surface area contributed by atoms with Gasteiger partial charge in [0.1, 0.15) is 18.0 Å². The molecule has 0 atom stereocenters. The summed E-state index contributed by atoms with van der Waals surface area (Å²) in [5, 5.41) is 3.38. The Bertz CT molecular complexity index is 548. The molecule has 1 aliphatic rings. The molecule has 1 aromatic carbocycles. The summed E-state index contributed by atoms with van der Waals surface area (Å²) < 4.78 is 0. The van der Waals surface area contributed by atoms with Crippen LogP contribution in [0.3, 0.4) is 0 Å². The summed E-state index contributed by atoms with van der Waals surface area (Å²) in [5.41, 5.74) is 1.26. The first-order chi connectivity index (χ1) is 10.4. The van der Waals surface area contributed by atoms with Gasteiger partial charge in [-0.3, -0.25) is 0 Å². The van der Waals surface area contributed by atoms with Crippen molar-refractivity contribution in [1.29, 1.82) is 0 Å². The molecule has 4 nitrogen and oxygen atoms in total. The molecule has 4 heteroatoms. The molecular formula is C17H22N4. The van der Waals surface area contributed by atoms with E-state index in [1.54, 1.807) is 6.33 Å². The summed E-state index contributed by atoms with van der Waals surface area (Å²) in [5.74, 6) is 1.94. The van der Waals surface area contributed by atoms with Crippen molar-refractivity contribution in [2.24, 2.45) is 0 Å². The van der Waals surface area contributed by atoms with Gasteiger partial charge in [0.15, 0.2) is 0 Å². The highest BCUT2D eigenvalue weighted by atomic mass is 15.2. The minimum atomic E-state index is 0.789. The fourth-order valence-corrected chi connectivity index (χ4v) is 2.70. The van der Waals surface area contributed by atoms with Gasteiger partial charge in [-0.2, -0.15) is 0 Å². The van der Waals surface area contributed by atoms with Crippen LogP contribution in [0.5, 0.6) is 0 Å².